The molecule has 0 aliphatic carbocycles. The van der Waals surface area contributed by atoms with Crippen molar-refractivity contribution in [2.75, 3.05) is 18.0 Å². The lowest BCUT2D eigenvalue weighted by Crippen LogP contribution is -2.28. The minimum Gasteiger partial charge on any atom is -0.481 e. The Hall–Kier alpha value is -2.03. The third-order valence-electron chi connectivity index (χ3n) is 2.58. The monoisotopic (exact) mass is 236 g/mol. The average Bonchev–Trinajstić information content (AvgIpc) is 2.54. The highest BCUT2D eigenvalue weighted by Crippen LogP contribution is 2.22. The van der Waals surface area contributed by atoms with Crippen molar-refractivity contribution in [1.29, 1.82) is 5.26 Å². The Kier molecular flexibility index (Phi) is 4.10. The van der Waals surface area contributed by atoms with Gasteiger partial charge in [0.1, 0.15) is 17.5 Å². The van der Waals surface area contributed by atoms with Gasteiger partial charge < -0.3 is 10.0 Å². The van der Waals surface area contributed by atoms with Gasteiger partial charge in [-0.25, -0.2) is 0 Å². The van der Waals surface area contributed by atoms with Crippen LogP contribution in [-0.2, 0) is 11.8 Å². The predicted molar refractivity (Wildman–Crippen MR) is 62.8 cm³/mol. The first-order valence-corrected chi connectivity index (χ1v) is 5.41. The van der Waals surface area contributed by atoms with Gasteiger partial charge in [-0.05, 0) is 13.8 Å². The van der Waals surface area contributed by atoms with Crippen molar-refractivity contribution in [2.24, 2.45) is 7.05 Å². The molecule has 0 unspecified atom stereocenters. The Morgan fingerprint density at radius 3 is 2.76 bits per heavy atom. The SMILES string of the molecule is CCN(CCC(=O)O)c1c(C#N)c(C)nn1C. The number of carboxylic acid groups (broad SMARTS) is 1. The lowest BCUT2D eigenvalue weighted by molar-refractivity contribution is -0.136. The van der Waals surface area contributed by atoms with E-state index in [2.05, 4.69) is 11.2 Å². The van der Waals surface area contributed by atoms with Crippen LogP contribution >= 0.6 is 0 Å². The van der Waals surface area contributed by atoms with Crippen molar-refractivity contribution in [1.82, 2.24) is 9.78 Å². The molecule has 1 heterocycles. The summed E-state index contributed by atoms with van der Waals surface area (Å²) in [4.78, 5) is 12.4. The molecule has 92 valence electrons. The van der Waals surface area contributed by atoms with E-state index in [9.17, 15) is 4.79 Å². The van der Waals surface area contributed by atoms with Crippen LogP contribution in [-0.4, -0.2) is 33.9 Å². The molecule has 0 fully saturated rings. The Morgan fingerprint density at radius 2 is 2.29 bits per heavy atom. The van der Waals surface area contributed by atoms with Crippen LogP contribution in [0.1, 0.15) is 24.6 Å². The van der Waals surface area contributed by atoms with Gasteiger partial charge in [-0.1, -0.05) is 0 Å². The first-order chi connectivity index (χ1) is 8.01. The molecule has 0 saturated carbocycles. The maximum Gasteiger partial charge on any atom is 0.305 e. The van der Waals surface area contributed by atoms with Crippen molar-refractivity contribution in [3.8, 4) is 6.07 Å². The van der Waals surface area contributed by atoms with Crippen LogP contribution in [0.5, 0.6) is 0 Å². The van der Waals surface area contributed by atoms with Crippen molar-refractivity contribution < 1.29 is 9.90 Å². The molecule has 0 aromatic carbocycles. The number of carboxylic acids is 1. The van der Waals surface area contributed by atoms with Crippen molar-refractivity contribution in [3.05, 3.63) is 11.3 Å². The van der Waals surface area contributed by atoms with Crippen LogP contribution < -0.4 is 4.90 Å². The number of aryl methyl sites for hydroxylation is 2. The van der Waals surface area contributed by atoms with Crippen molar-refractivity contribution >= 4 is 11.8 Å². The van der Waals surface area contributed by atoms with Gasteiger partial charge in [-0.3, -0.25) is 9.48 Å². The highest BCUT2D eigenvalue weighted by Gasteiger charge is 2.18. The zero-order chi connectivity index (χ0) is 13.0. The van der Waals surface area contributed by atoms with E-state index in [0.717, 1.165) is 0 Å². The molecule has 1 aromatic rings. The van der Waals surface area contributed by atoms with Gasteiger partial charge in [-0.2, -0.15) is 10.4 Å². The minimum atomic E-state index is -0.846. The summed E-state index contributed by atoms with van der Waals surface area (Å²) in [5.74, 6) is -0.158. The molecule has 0 amide bonds. The largest absolute Gasteiger partial charge is 0.481 e. The number of aromatic nitrogens is 2. The molecule has 0 saturated heterocycles. The highest BCUT2D eigenvalue weighted by molar-refractivity contribution is 5.68. The van der Waals surface area contributed by atoms with E-state index in [-0.39, 0.29) is 6.42 Å². The number of nitriles is 1. The zero-order valence-electron chi connectivity index (χ0n) is 10.3. The standard InChI is InChI=1S/C11H16N4O2/c1-4-15(6-5-10(16)17)11-9(7-12)8(2)13-14(11)3/h4-6H2,1-3H3,(H,16,17). The van der Waals surface area contributed by atoms with E-state index in [4.69, 9.17) is 10.4 Å². The number of anilines is 1. The number of carbonyl (C=O) groups is 1. The molecule has 0 aliphatic heterocycles. The van der Waals surface area contributed by atoms with Gasteiger partial charge in [0.2, 0.25) is 0 Å². The third-order valence-corrected chi connectivity index (χ3v) is 2.58. The van der Waals surface area contributed by atoms with Crippen LogP contribution in [0.25, 0.3) is 0 Å². The van der Waals surface area contributed by atoms with Crippen LogP contribution in [0.15, 0.2) is 0 Å². The molecule has 1 N–H and O–H groups in total. The summed E-state index contributed by atoms with van der Waals surface area (Å²) in [6.45, 7) is 4.71. The molecule has 0 aliphatic rings. The molecule has 6 nitrogen and oxygen atoms in total. The van der Waals surface area contributed by atoms with E-state index < -0.39 is 5.97 Å². The summed E-state index contributed by atoms with van der Waals surface area (Å²) in [7, 11) is 1.76. The van der Waals surface area contributed by atoms with Gasteiger partial charge in [0.25, 0.3) is 0 Å². The number of rotatable bonds is 5. The van der Waals surface area contributed by atoms with E-state index >= 15 is 0 Å². The summed E-state index contributed by atoms with van der Waals surface area (Å²) < 4.78 is 1.62. The number of aliphatic carboxylic acids is 1. The molecule has 1 aromatic heterocycles. The van der Waals surface area contributed by atoms with Crippen molar-refractivity contribution in [3.63, 3.8) is 0 Å². The number of nitrogens with zero attached hydrogens (tertiary/aromatic N) is 4. The zero-order valence-corrected chi connectivity index (χ0v) is 10.3. The second-order valence-electron chi connectivity index (χ2n) is 3.74. The second-order valence-corrected chi connectivity index (χ2v) is 3.74. The summed E-state index contributed by atoms with van der Waals surface area (Å²) in [5, 5.41) is 22.0. The molecular formula is C11H16N4O2. The lowest BCUT2D eigenvalue weighted by Gasteiger charge is -2.22. The van der Waals surface area contributed by atoms with E-state index in [1.54, 1.807) is 18.7 Å². The predicted octanol–water partition coefficient (Wildman–Crippen LogP) is 0.901. The molecule has 1 rings (SSSR count). The van der Waals surface area contributed by atoms with E-state index in [1.807, 2.05) is 11.8 Å². The molecule has 0 bridgehead atoms. The van der Waals surface area contributed by atoms with Gasteiger partial charge in [-0.15, -0.1) is 0 Å². The van der Waals surface area contributed by atoms with Gasteiger partial charge in [0.05, 0.1) is 12.1 Å². The second kappa shape index (κ2) is 5.34. The fourth-order valence-corrected chi connectivity index (χ4v) is 1.78. The molecular weight excluding hydrogens is 220 g/mol. The summed E-state index contributed by atoms with van der Waals surface area (Å²) >= 11 is 0. The smallest absolute Gasteiger partial charge is 0.305 e. The molecule has 0 spiro atoms. The van der Waals surface area contributed by atoms with E-state index in [0.29, 0.717) is 30.2 Å². The minimum absolute atomic E-state index is 0.0446. The first-order valence-electron chi connectivity index (χ1n) is 5.41. The lowest BCUT2D eigenvalue weighted by atomic mass is 10.2. The normalized spacial score (nSPS) is 10.0. The maximum atomic E-state index is 10.6. The average molecular weight is 236 g/mol. The summed E-state index contributed by atoms with van der Waals surface area (Å²) in [5.41, 5.74) is 1.18. The van der Waals surface area contributed by atoms with E-state index in [1.165, 1.54) is 0 Å². The Bertz CT molecular complexity index is 459. The Balaban J connectivity index is 3.03. The van der Waals surface area contributed by atoms with Gasteiger partial charge in [0.15, 0.2) is 0 Å². The first kappa shape index (κ1) is 13.0. The van der Waals surface area contributed by atoms with Crippen LogP contribution in [0.4, 0.5) is 5.82 Å². The topological polar surface area (TPSA) is 82.2 Å². The molecule has 0 radical (unpaired) electrons. The van der Waals surface area contributed by atoms with Crippen molar-refractivity contribution in [2.45, 2.75) is 20.3 Å². The Labute approximate surface area is 100 Å². The fourth-order valence-electron chi connectivity index (χ4n) is 1.78. The quantitative estimate of drug-likeness (QED) is 0.821. The highest BCUT2D eigenvalue weighted by atomic mass is 16.4. The Morgan fingerprint density at radius 1 is 1.65 bits per heavy atom. The van der Waals surface area contributed by atoms with Crippen LogP contribution in [0, 0.1) is 18.3 Å². The van der Waals surface area contributed by atoms with Crippen LogP contribution in [0.3, 0.4) is 0 Å². The van der Waals surface area contributed by atoms with Gasteiger partial charge in [0, 0.05) is 20.1 Å². The molecule has 0 atom stereocenters. The summed E-state index contributed by atoms with van der Waals surface area (Å²) in [6, 6.07) is 2.11. The number of hydrogen-bond acceptors (Lipinski definition) is 4. The third kappa shape index (κ3) is 2.75. The fraction of sp³-hybridized carbons (Fsp3) is 0.545. The van der Waals surface area contributed by atoms with Gasteiger partial charge >= 0.3 is 5.97 Å². The maximum absolute atomic E-state index is 10.6. The molecule has 6 heteroatoms. The number of hydrogen-bond donors (Lipinski definition) is 1. The molecule has 17 heavy (non-hydrogen) atoms. The van der Waals surface area contributed by atoms with Crippen LogP contribution in [0.2, 0.25) is 0 Å². The summed E-state index contributed by atoms with van der Waals surface area (Å²) in [6.07, 6.45) is 0.0446.